The van der Waals surface area contributed by atoms with Crippen molar-refractivity contribution in [1.29, 1.82) is 0 Å². The number of nitrogens with one attached hydrogen (secondary N) is 1. The Hall–Kier alpha value is -0.950. The molecule has 5 nitrogen and oxygen atoms in total. The van der Waals surface area contributed by atoms with Gasteiger partial charge in [-0.1, -0.05) is 0 Å². The Balaban J connectivity index is 1.78. The third-order valence-electron chi connectivity index (χ3n) is 3.10. The molecule has 1 aliphatic heterocycles. The zero-order valence-electron chi connectivity index (χ0n) is 11.5. The molecule has 2 rings (SSSR count). The van der Waals surface area contributed by atoms with Gasteiger partial charge in [0.1, 0.15) is 6.17 Å². The van der Waals surface area contributed by atoms with Crippen LogP contribution in [0.25, 0.3) is 0 Å². The molecule has 1 atom stereocenters. The van der Waals surface area contributed by atoms with Gasteiger partial charge in [0.25, 0.3) is 0 Å². The number of ether oxygens (including phenoxy) is 1. The minimum absolute atomic E-state index is 0.0104. The first kappa shape index (κ1) is 14.5. The van der Waals surface area contributed by atoms with Gasteiger partial charge in [0.05, 0.1) is 19.8 Å². The van der Waals surface area contributed by atoms with Crippen molar-refractivity contribution in [3.8, 4) is 0 Å². The van der Waals surface area contributed by atoms with E-state index in [1.807, 2.05) is 24.4 Å². The van der Waals surface area contributed by atoms with Crippen molar-refractivity contribution in [2.45, 2.75) is 6.17 Å². The molecule has 0 saturated carbocycles. The highest BCUT2D eigenvalue weighted by Gasteiger charge is 2.31. The normalized spacial score (nSPS) is 19.6. The quantitative estimate of drug-likeness (QED) is 0.750. The number of nitrogens with zero attached hydrogens (tertiary/aromatic N) is 2. The van der Waals surface area contributed by atoms with E-state index in [2.05, 4.69) is 21.7 Å². The smallest absolute Gasteiger partial charge is 0.238 e. The van der Waals surface area contributed by atoms with Crippen LogP contribution in [0.2, 0.25) is 0 Å². The molecular weight excluding hydrogens is 262 g/mol. The largest absolute Gasteiger partial charge is 0.378 e. The maximum absolute atomic E-state index is 11.9. The topological polar surface area (TPSA) is 44.8 Å². The first-order valence-electron chi connectivity index (χ1n) is 6.46. The first-order chi connectivity index (χ1) is 9.18. The van der Waals surface area contributed by atoms with Gasteiger partial charge in [0.2, 0.25) is 5.91 Å². The number of hydrogen-bond acceptors (Lipinski definition) is 5. The molecule has 6 heteroatoms. The minimum atomic E-state index is 0.0104. The molecule has 1 aliphatic rings. The molecule has 1 aromatic heterocycles. The summed E-state index contributed by atoms with van der Waals surface area (Å²) in [7, 11) is 4.04. The molecule has 0 aliphatic carbocycles. The van der Waals surface area contributed by atoms with Gasteiger partial charge in [-0.25, -0.2) is 0 Å². The van der Waals surface area contributed by atoms with E-state index < -0.39 is 0 Å². The molecule has 2 heterocycles. The van der Waals surface area contributed by atoms with Crippen molar-refractivity contribution in [2.75, 3.05) is 46.9 Å². The van der Waals surface area contributed by atoms with Crippen LogP contribution in [-0.2, 0) is 9.53 Å². The number of rotatable bonds is 7. The fourth-order valence-electron chi connectivity index (χ4n) is 2.03. The zero-order valence-corrected chi connectivity index (χ0v) is 12.3. The summed E-state index contributed by atoms with van der Waals surface area (Å²) >= 11 is 1.65. The van der Waals surface area contributed by atoms with E-state index in [1.54, 1.807) is 11.3 Å². The summed E-state index contributed by atoms with van der Waals surface area (Å²) in [6, 6.07) is 2.06. The monoisotopic (exact) mass is 283 g/mol. The van der Waals surface area contributed by atoms with E-state index >= 15 is 0 Å². The highest BCUT2D eigenvalue weighted by atomic mass is 32.1. The second-order valence-corrected chi connectivity index (χ2v) is 5.62. The van der Waals surface area contributed by atoms with Crippen LogP contribution in [0.4, 0.5) is 0 Å². The van der Waals surface area contributed by atoms with Crippen molar-refractivity contribution in [1.82, 2.24) is 15.1 Å². The van der Waals surface area contributed by atoms with Crippen LogP contribution >= 0.6 is 11.3 Å². The lowest BCUT2D eigenvalue weighted by Gasteiger charge is -2.23. The maximum Gasteiger partial charge on any atom is 0.238 e. The predicted octanol–water partition coefficient (Wildman–Crippen LogP) is 0.757. The Morgan fingerprint density at radius 2 is 2.37 bits per heavy atom. The van der Waals surface area contributed by atoms with E-state index in [9.17, 15) is 4.79 Å². The van der Waals surface area contributed by atoms with E-state index in [0.717, 1.165) is 12.1 Å². The molecule has 0 spiro atoms. The van der Waals surface area contributed by atoms with Gasteiger partial charge in [-0.2, -0.15) is 11.3 Å². The van der Waals surface area contributed by atoms with Crippen LogP contribution in [0.5, 0.6) is 0 Å². The molecule has 106 valence electrons. The van der Waals surface area contributed by atoms with Crippen LogP contribution in [0.3, 0.4) is 0 Å². The summed E-state index contributed by atoms with van der Waals surface area (Å²) < 4.78 is 5.56. The van der Waals surface area contributed by atoms with E-state index in [0.29, 0.717) is 26.3 Å². The molecule has 1 N–H and O–H groups in total. The van der Waals surface area contributed by atoms with Crippen LogP contribution < -0.4 is 5.32 Å². The molecule has 0 bridgehead atoms. The van der Waals surface area contributed by atoms with E-state index in [4.69, 9.17) is 4.74 Å². The van der Waals surface area contributed by atoms with Gasteiger partial charge in [0, 0.05) is 13.1 Å². The van der Waals surface area contributed by atoms with Crippen molar-refractivity contribution in [3.63, 3.8) is 0 Å². The highest BCUT2D eigenvalue weighted by Crippen LogP contribution is 2.23. The molecule has 0 aromatic carbocycles. The SMILES string of the molecule is CN(C)CCOCCN1C(=O)CNC1c1ccsc1. The molecular formula is C13H21N3O2S. The summed E-state index contributed by atoms with van der Waals surface area (Å²) in [5.41, 5.74) is 1.16. The van der Waals surface area contributed by atoms with E-state index in [1.165, 1.54) is 0 Å². The summed E-state index contributed by atoms with van der Waals surface area (Å²) in [6.45, 7) is 3.24. The number of hydrogen-bond donors (Lipinski definition) is 1. The number of carbonyl (C=O) groups is 1. The molecule has 19 heavy (non-hydrogen) atoms. The fraction of sp³-hybridized carbons (Fsp3) is 0.615. The number of likely N-dealkylation sites (N-methyl/N-ethyl adjacent to an activating group) is 1. The first-order valence-corrected chi connectivity index (χ1v) is 7.40. The molecule has 1 aromatic rings. The average Bonchev–Trinajstić information content (AvgIpc) is 2.98. The second kappa shape index (κ2) is 7.00. The summed E-state index contributed by atoms with van der Waals surface area (Å²) in [5, 5.41) is 7.35. The van der Waals surface area contributed by atoms with Crippen LogP contribution in [0.1, 0.15) is 11.7 Å². The van der Waals surface area contributed by atoms with Gasteiger partial charge in [-0.05, 0) is 36.5 Å². The summed E-state index contributed by atoms with van der Waals surface area (Å²) in [4.78, 5) is 15.8. The lowest BCUT2D eigenvalue weighted by Crippen LogP contribution is -2.33. The zero-order chi connectivity index (χ0) is 13.7. The van der Waals surface area contributed by atoms with Crippen molar-refractivity contribution < 1.29 is 9.53 Å². The third kappa shape index (κ3) is 4.01. The minimum Gasteiger partial charge on any atom is -0.378 e. The van der Waals surface area contributed by atoms with Gasteiger partial charge in [-0.15, -0.1) is 0 Å². The Morgan fingerprint density at radius 1 is 1.53 bits per heavy atom. The number of amides is 1. The maximum atomic E-state index is 11.9. The lowest BCUT2D eigenvalue weighted by molar-refractivity contribution is -0.128. The fourth-order valence-corrected chi connectivity index (χ4v) is 2.71. The van der Waals surface area contributed by atoms with E-state index in [-0.39, 0.29) is 12.1 Å². The van der Waals surface area contributed by atoms with Crippen LogP contribution in [0, 0.1) is 0 Å². The molecule has 1 unspecified atom stereocenters. The molecule has 1 amide bonds. The molecule has 1 fully saturated rings. The number of carbonyl (C=O) groups excluding carboxylic acids is 1. The predicted molar refractivity (Wildman–Crippen MR) is 76.1 cm³/mol. The second-order valence-electron chi connectivity index (χ2n) is 4.84. The molecule has 1 saturated heterocycles. The average molecular weight is 283 g/mol. The van der Waals surface area contributed by atoms with Crippen LogP contribution in [0.15, 0.2) is 16.8 Å². The standard InChI is InChI=1S/C13H21N3O2S/c1-15(2)4-6-18-7-5-16-12(17)9-14-13(16)11-3-8-19-10-11/h3,8,10,13-14H,4-7,9H2,1-2H3. The van der Waals surface area contributed by atoms with Crippen molar-refractivity contribution >= 4 is 17.2 Å². The van der Waals surface area contributed by atoms with Gasteiger partial charge in [0.15, 0.2) is 0 Å². The third-order valence-corrected chi connectivity index (χ3v) is 3.80. The Bertz CT molecular complexity index is 395. The Morgan fingerprint density at radius 3 is 3.05 bits per heavy atom. The van der Waals surface area contributed by atoms with Crippen molar-refractivity contribution in [2.24, 2.45) is 0 Å². The summed E-state index contributed by atoms with van der Waals surface area (Å²) in [6.07, 6.45) is 0.0104. The van der Waals surface area contributed by atoms with Gasteiger partial charge < -0.3 is 14.5 Å². The Labute approximate surface area is 118 Å². The summed E-state index contributed by atoms with van der Waals surface area (Å²) in [5.74, 6) is 0.146. The molecule has 0 radical (unpaired) electrons. The van der Waals surface area contributed by atoms with Crippen LogP contribution in [-0.4, -0.2) is 62.7 Å². The number of thiophene rings is 1. The Kier molecular flexibility index (Phi) is 5.33. The lowest BCUT2D eigenvalue weighted by atomic mass is 10.2. The van der Waals surface area contributed by atoms with Crippen molar-refractivity contribution in [3.05, 3.63) is 22.4 Å². The highest BCUT2D eigenvalue weighted by molar-refractivity contribution is 7.07. The van der Waals surface area contributed by atoms with Gasteiger partial charge >= 0.3 is 0 Å². The van der Waals surface area contributed by atoms with Gasteiger partial charge in [-0.3, -0.25) is 10.1 Å².